The Kier molecular flexibility index (Phi) is 3.47. The van der Waals surface area contributed by atoms with Gasteiger partial charge < -0.3 is 10.6 Å². The lowest BCUT2D eigenvalue weighted by atomic mass is 10.0. The quantitative estimate of drug-likeness (QED) is 0.837. The van der Waals surface area contributed by atoms with Gasteiger partial charge in [-0.2, -0.15) is 0 Å². The number of halogens is 1. The van der Waals surface area contributed by atoms with E-state index in [1.165, 1.54) is 19.2 Å². The number of hydrogen-bond donors (Lipinski definition) is 2. The lowest BCUT2D eigenvalue weighted by Crippen LogP contribution is -2.17. The molecule has 0 aromatic heterocycles. The van der Waals surface area contributed by atoms with E-state index in [1.807, 2.05) is 0 Å². The number of amides is 2. The van der Waals surface area contributed by atoms with Crippen molar-refractivity contribution in [3.8, 4) is 0 Å². The first-order chi connectivity index (χ1) is 10.6. The molecule has 0 bridgehead atoms. The van der Waals surface area contributed by atoms with Crippen molar-refractivity contribution in [3.05, 3.63) is 65.0 Å². The van der Waals surface area contributed by atoms with Crippen molar-refractivity contribution in [3.63, 3.8) is 0 Å². The molecule has 0 saturated heterocycles. The molecule has 1 aliphatic heterocycles. The first-order valence-electron chi connectivity index (χ1n) is 6.74. The highest BCUT2D eigenvalue weighted by Crippen LogP contribution is 2.34. The summed E-state index contributed by atoms with van der Waals surface area (Å²) in [5, 5.41) is 5.22. The molecule has 2 amide bonds. The normalized spacial score (nSPS) is 14.6. The first kappa shape index (κ1) is 14.0. The maximum absolute atomic E-state index is 13.7. The van der Waals surface area contributed by atoms with Gasteiger partial charge in [0.25, 0.3) is 11.8 Å². The molecule has 5 heteroatoms. The number of anilines is 1. The highest BCUT2D eigenvalue weighted by atomic mass is 19.1. The molecular formula is C17H13FN2O2. The Morgan fingerprint density at radius 3 is 2.73 bits per heavy atom. The van der Waals surface area contributed by atoms with Crippen molar-refractivity contribution in [2.75, 3.05) is 12.4 Å². The number of rotatable bonds is 2. The summed E-state index contributed by atoms with van der Waals surface area (Å²) in [4.78, 5) is 23.7. The fourth-order valence-corrected chi connectivity index (χ4v) is 2.37. The van der Waals surface area contributed by atoms with Gasteiger partial charge in [0.15, 0.2) is 0 Å². The number of nitrogens with one attached hydrogen (secondary N) is 2. The molecule has 2 N–H and O–H groups in total. The summed E-state index contributed by atoms with van der Waals surface area (Å²) in [6, 6.07) is 11.2. The zero-order chi connectivity index (χ0) is 15.7. The van der Waals surface area contributed by atoms with Gasteiger partial charge in [-0.05, 0) is 24.3 Å². The van der Waals surface area contributed by atoms with Crippen molar-refractivity contribution in [2.45, 2.75) is 0 Å². The fraction of sp³-hybridized carbons (Fsp3) is 0.0588. The molecule has 1 aliphatic rings. The van der Waals surface area contributed by atoms with E-state index in [2.05, 4.69) is 10.6 Å². The van der Waals surface area contributed by atoms with Crippen LogP contribution in [0.4, 0.5) is 10.1 Å². The minimum atomic E-state index is -0.391. The third-order valence-electron chi connectivity index (χ3n) is 3.50. The van der Waals surface area contributed by atoms with E-state index in [-0.39, 0.29) is 11.8 Å². The van der Waals surface area contributed by atoms with Gasteiger partial charge in [-0.3, -0.25) is 9.59 Å². The molecule has 1 heterocycles. The molecule has 0 saturated carbocycles. The average Bonchev–Trinajstić information content (AvgIpc) is 2.83. The van der Waals surface area contributed by atoms with Gasteiger partial charge in [0.05, 0.1) is 0 Å². The smallest absolute Gasteiger partial charge is 0.256 e. The Bertz CT molecular complexity index is 812. The van der Waals surface area contributed by atoms with Gasteiger partial charge in [-0.1, -0.05) is 24.3 Å². The number of carbonyl (C=O) groups is 2. The van der Waals surface area contributed by atoms with Crippen LogP contribution in [0.15, 0.2) is 42.5 Å². The van der Waals surface area contributed by atoms with Crippen LogP contribution in [0.25, 0.3) is 11.6 Å². The molecule has 0 spiro atoms. The number of benzene rings is 2. The van der Waals surface area contributed by atoms with Gasteiger partial charge >= 0.3 is 0 Å². The third-order valence-corrected chi connectivity index (χ3v) is 3.50. The largest absolute Gasteiger partial charge is 0.355 e. The molecule has 0 aliphatic carbocycles. The molecule has 0 fully saturated rings. The summed E-state index contributed by atoms with van der Waals surface area (Å²) in [5.74, 6) is -0.936. The number of fused-ring (bicyclic) bond motifs is 1. The van der Waals surface area contributed by atoms with Crippen LogP contribution in [-0.4, -0.2) is 18.9 Å². The molecule has 110 valence electrons. The van der Waals surface area contributed by atoms with E-state index >= 15 is 0 Å². The molecule has 3 rings (SSSR count). The standard InChI is InChI=1S/C17H13FN2O2/c1-19-16(21)11-6-7-12-13(17(22)20-15(12)9-11)8-10-4-2-3-5-14(10)18/h2-9H,1H3,(H,19,21)(H,20,22)/b13-8+. The van der Waals surface area contributed by atoms with E-state index < -0.39 is 5.82 Å². The molecule has 0 atom stereocenters. The highest BCUT2D eigenvalue weighted by Gasteiger charge is 2.25. The summed E-state index contributed by atoms with van der Waals surface area (Å²) < 4.78 is 13.7. The van der Waals surface area contributed by atoms with Crippen LogP contribution in [0.1, 0.15) is 21.5 Å². The van der Waals surface area contributed by atoms with Crippen molar-refractivity contribution in [1.29, 1.82) is 0 Å². The fourth-order valence-electron chi connectivity index (χ4n) is 2.37. The summed E-state index contributed by atoms with van der Waals surface area (Å²) in [6.45, 7) is 0. The number of carbonyl (C=O) groups excluding carboxylic acids is 2. The zero-order valence-corrected chi connectivity index (χ0v) is 11.8. The van der Waals surface area contributed by atoms with Crippen LogP contribution in [0, 0.1) is 5.82 Å². The Morgan fingerprint density at radius 1 is 1.23 bits per heavy atom. The summed E-state index contributed by atoms with van der Waals surface area (Å²) in [6.07, 6.45) is 1.51. The molecule has 0 radical (unpaired) electrons. The van der Waals surface area contributed by atoms with Gasteiger partial charge in [0.2, 0.25) is 0 Å². The molecule has 2 aromatic carbocycles. The van der Waals surface area contributed by atoms with Crippen LogP contribution < -0.4 is 10.6 Å². The van der Waals surface area contributed by atoms with Crippen molar-refractivity contribution < 1.29 is 14.0 Å². The van der Waals surface area contributed by atoms with E-state index in [4.69, 9.17) is 0 Å². The Balaban J connectivity index is 2.06. The monoisotopic (exact) mass is 296 g/mol. The second-order valence-corrected chi connectivity index (χ2v) is 4.87. The maximum atomic E-state index is 13.7. The molecule has 2 aromatic rings. The lowest BCUT2D eigenvalue weighted by Gasteiger charge is -2.03. The highest BCUT2D eigenvalue weighted by molar-refractivity contribution is 6.35. The maximum Gasteiger partial charge on any atom is 0.256 e. The predicted molar refractivity (Wildman–Crippen MR) is 82.7 cm³/mol. The Hall–Kier alpha value is -2.95. The van der Waals surface area contributed by atoms with Crippen LogP contribution >= 0.6 is 0 Å². The van der Waals surface area contributed by atoms with Gasteiger partial charge in [-0.15, -0.1) is 0 Å². The third kappa shape index (κ3) is 2.37. The molecule has 0 unspecified atom stereocenters. The Morgan fingerprint density at radius 2 is 2.00 bits per heavy atom. The first-order valence-corrected chi connectivity index (χ1v) is 6.74. The molecule has 4 nitrogen and oxygen atoms in total. The Labute approximate surface area is 126 Å². The van der Waals surface area contributed by atoms with Gasteiger partial charge in [0, 0.05) is 35.0 Å². The molecule has 22 heavy (non-hydrogen) atoms. The second-order valence-electron chi connectivity index (χ2n) is 4.87. The van der Waals surface area contributed by atoms with Gasteiger partial charge in [-0.25, -0.2) is 4.39 Å². The summed E-state index contributed by atoms with van der Waals surface area (Å²) in [5.41, 5.74) is 2.38. The SMILES string of the molecule is CNC(=O)c1ccc2c(c1)NC(=O)/C2=C/c1ccccc1F. The number of hydrogen-bond acceptors (Lipinski definition) is 2. The van der Waals surface area contributed by atoms with Crippen molar-refractivity contribution in [1.82, 2.24) is 5.32 Å². The van der Waals surface area contributed by atoms with Gasteiger partial charge in [0.1, 0.15) is 5.82 Å². The lowest BCUT2D eigenvalue weighted by molar-refractivity contribution is -0.110. The molecular weight excluding hydrogens is 283 g/mol. The van der Waals surface area contributed by atoms with E-state index in [9.17, 15) is 14.0 Å². The average molecular weight is 296 g/mol. The van der Waals surface area contributed by atoms with Crippen LogP contribution in [-0.2, 0) is 4.79 Å². The van der Waals surface area contributed by atoms with E-state index in [1.54, 1.807) is 36.4 Å². The van der Waals surface area contributed by atoms with E-state index in [0.29, 0.717) is 28.0 Å². The minimum absolute atomic E-state index is 0.233. The van der Waals surface area contributed by atoms with Crippen molar-refractivity contribution in [2.24, 2.45) is 0 Å². The second kappa shape index (κ2) is 5.44. The van der Waals surface area contributed by atoms with Crippen LogP contribution in [0.5, 0.6) is 0 Å². The van der Waals surface area contributed by atoms with E-state index in [0.717, 1.165) is 0 Å². The summed E-state index contributed by atoms with van der Waals surface area (Å²) >= 11 is 0. The van der Waals surface area contributed by atoms with Crippen LogP contribution in [0.2, 0.25) is 0 Å². The zero-order valence-electron chi connectivity index (χ0n) is 11.8. The predicted octanol–water partition coefficient (Wildman–Crippen LogP) is 2.68. The van der Waals surface area contributed by atoms with Crippen LogP contribution in [0.3, 0.4) is 0 Å². The minimum Gasteiger partial charge on any atom is -0.355 e. The topological polar surface area (TPSA) is 58.2 Å². The van der Waals surface area contributed by atoms with Crippen molar-refractivity contribution >= 4 is 29.2 Å². The summed E-state index contributed by atoms with van der Waals surface area (Å²) in [7, 11) is 1.54.